The molecule has 1 unspecified atom stereocenters. The van der Waals surface area contributed by atoms with E-state index in [2.05, 4.69) is 5.32 Å². The fourth-order valence-electron chi connectivity index (χ4n) is 0.603. The molecule has 0 radical (unpaired) electrons. The van der Waals surface area contributed by atoms with Crippen LogP contribution in [0, 0.1) is 0 Å². The van der Waals surface area contributed by atoms with Crippen LogP contribution < -0.4 is 5.32 Å². The lowest BCUT2D eigenvalue weighted by Gasteiger charge is -1.99. The summed E-state index contributed by atoms with van der Waals surface area (Å²) in [6.45, 7) is 1.93. The molecule has 3 nitrogen and oxygen atoms in total. The van der Waals surface area contributed by atoms with Crippen molar-refractivity contribution < 1.29 is 9.59 Å². The standard InChI is InChI=1S/C5H7NO2S/c1-2-3-6-4(7)5(8)9-3/h3H,2H2,1H3,(H,6,7). The van der Waals surface area contributed by atoms with Gasteiger partial charge in [-0.05, 0) is 6.42 Å². The average Bonchev–Trinajstić information content (AvgIpc) is 2.13. The van der Waals surface area contributed by atoms with Gasteiger partial charge in [0.05, 0.1) is 5.37 Å². The largest absolute Gasteiger partial charge is 0.337 e. The number of carbonyl (C=O) groups excluding carboxylic acids is 2. The lowest BCUT2D eigenvalue weighted by atomic mass is 10.5. The van der Waals surface area contributed by atoms with Gasteiger partial charge in [0.1, 0.15) is 0 Å². The van der Waals surface area contributed by atoms with Crippen molar-refractivity contribution in [2.45, 2.75) is 18.7 Å². The van der Waals surface area contributed by atoms with Gasteiger partial charge in [0.2, 0.25) is 0 Å². The van der Waals surface area contributed by atoms with Crippen molar-refractivity contribution in [2.24, 2.45) is 0 Å². The van der Waals surface area contributed by atoms with Crippen LogP contribution in [0.15, 0.2) is 0 Å². The molecule has 0 spiro atoms. The van der Waals surface area contributed by atoms with Crippen molar-refractivity contribution in [3.63, 3.8) is 0 Å². The van der Waals surface area contributed by atoms with Crippen LogP contribution in [0.2, 0.25) is 0 Å². The van der Waals surface area contributed by atoms with Crippen LogP contribution in [0.3, 0.4) is 0 Å². The van der Waals surface area contributed by atoms with Gasteiger partial charge >= 0.3 is 0 Å². The minimum absolute atomic E-state index is 0.0185. The Morgan fingerprint density at radius 1 is 1.67 bits per heavy atom. The highest BCUT2D eigenvalue weighted by atomic mass is 32.2. The van der Waals surface area contributed by atoms with E-state index in [4.69, 9.17) is 0 Å². The molecule has 4 heteroatoms. The number of rotatable bonds is 1. The molecule has 1 atom stereocenters. The van der Waals surface area contributed by atoms with Crippen molar-refractivity contribution in [1.29, 1.82) is 0 Å². The third-order valence-corrected chi connectivity index (χ3v) is 2.23. The number of thioether (sulfide) groups is 1. The Morgan fingerprint density at radius 2 is 2.33 bits per heavy atom. The molecule has 1 amide bonds. The third kappa shape index (κ3) is 1.24. The molecule has 0 aromatic carbocycles. The molecule has 0 aromatic heterocycles. The third-order valence-electron chi connectivity index (χ3n) is 1.10. The van der Waals surface area contributed by atoms with Gasteiger partial charge < -0.3 is 5.32 Å². The first-order valence-corrected chi connectivity index (χ1v) is 3.63. The van der Waals surface area contributed by atoms with Gasteiger partial charge in [-0.3, -0.25) is 9.59 Å². The van der Waals surface area contributed by atoms with Crippen LogP contribution >= 0.6 is 11.8 Å². The van der Waals surface area contributed by atoms with Gasteiger partial charge in [0.25, 0.3) is 11.0 Å². The second-order valence-corrected chi connectivity index (χ2v) is 2.95. The number of amides is 1. The van der Waals surface area contributed by atoms with Crippen molar-refractivity contribution in [1.82, 2.24) is 5.32 Å². The zero-order valence-corrected chi connectivity index (χ0v) is 5.83. The van der Waals surface area contributed by atoms with Crippen LogP contribution in [-0.2, 0) is 9.59 Å². The van der Waals surface area contributed by atoms with Crippen LogP contribution in [0.5, 0.6) is 0 Å². The average molecular weight is 145 g/mol. The molecule has 1 heterocycles. The second kappa shape index (κ2) is 2.39. The van der Waals surface area contributed by atoms with Gasteiger partial charge in [-0.2, -0.15) is 0 Å². The van der Waals surface area contributed by atoms with Gasteiger partial charge in [-0.1, -0.05) is 18.7 Å². The maximum absolute atomic E-state index is 10.5. The number of nitrogens with one attached hydrogen (secondary N) is 1. The van der Waals surface area contributed by atoms with Gasteiger partial charge in [0.15, 0.2) is 0 Å². The summed E-state index contributed by atoms with van der Waals surface area (Å²) < 4.78 is 0. The van der Waals surface area contributed by atoms with Gasteiger partial charge in [-0.15, -0.1) is 0 Å². The van der Waals surface area contributed by atoms with E-state index in [-0.39, 0.29) is 10.5 Å². The minimum atomic E-state index is -0.452. The van der Waals surface area contributed by atoms with E-state index < -0.39 is 5.91 Å². The van der Waals surface area contributed by atoms with E-state index in [1.807, 2.05) is 6.92 Å². The molecule has 50 valence electrons. The summed E-state index contributed by atoms with van der Waals surface area (Å²) in [5.74, 6) is -0.452. The summed E-state index contributed by atoms with van der Waals surface area (Å²) in [6.07, 6.45) is 0.808. The van der Waals surface area contributed by atoms with E-state index in [1.54, 1.807) is 0 Å². The maximum atomic E-state index is 10.5. The molecule has 0 aliphatic carbocycles. The minimum Gasteiger partial charge on any atom is -0.337 e. The van der Waals surface area contributed by atoms with Crippen LogP contribution in [0.4, 0.5) is 0 Å². The molecule has 0 aromatic rings. The van der Waals surface area contributed by atoms with Crippen LogP contribution in [0.25, 0.3) is 0 Å². The monoisotopic (exact) mass is 145 g/mol. The second-order valence-electron chi connectivity index (χ2n) is 1.78. The maximum Gasteiger partial charge on any atom is 0.299 e. The summed E-state index contributed by atoms with van der Waals surface area (Å²) in [6, 6.07) is 0. The Balaban J connectivity index is 2.54. The van der Waals surface area contributed by atoms with E-state index in [0.717, 1.165) is 18.2 Å². The Kier molecular flexibility index (Phi) is 1.75. The van der Waals surface area contributed by atoms with Crippen LogP contribution in [0.1, 0.15) is 13.3 Å². The lowest BCUT2D eigenvalue weighted by Crippen LogP contribution is -2.25. The topological polar surface area (TPSA) is 46.2 Å². The lowest BCUT2D eigenvalue weighted by molar-refractivity contribution is -0.132. The molecule has 1 aliphatic heterocycles. The zero-order valence-electron chi connectivity index (χ0n) is 5.01. The van der Waals surface area contributed by atoms with E-state index >= 15 is 0 Å². The summed E-state index contributed by atoms with van der Waals surface area (Å²) in [5.41, 5.74) is 0. The van der Waals surface area contributed by atoms with Crippen molar-refractivity contribution >= 4 is 22.8 Å². The molecule has 1 rings (SSSR count). The normalized spacial score (nSPS) is 26.6. The zero-order chi connectivity index (χ0) is 6.85. The SMILES string of the molecule is CCC1NC(=O)C(=O)S1. The highest BCUT2D eigenvalue weighted by Crippen LogP contribution is 2.18. The molecule has 1 saturated heterocycles. The summed E-state index contributed by atoms with van der Waals surface area (Å²) in [5, 5.41) is 2.19. The highest BCUT2D eigenvalue weighted by molar-refractivity contribution is 8.16. The van der Waals surface area contributed by atoms with E-state index in [1.165, 1.54) is 0 Å². The smallest absolute Gasteiger partial charge is 0.299 e. The van der Waals surface area contributed by atoms with E-state index in [0.29, 0.717) is 0 Å². The molecule has 1 N–H and O–H groups in total. The summed E-state index contributed by atoms with van der Waals surface area (Å²) in [4.78, 5) is 21.0. The van der Waals surface area contributed by atoms with Crippen molar-refractivity contribution in [3.05, 3.63) is 0 Å². The van der Waals surface area contributed by atoms with Gasteiger partial charge in [-0.25, -0.2) is 0 Å². The predicted octanol–water partition coefficient (Wildman–Crippen LogP) is 0.112. The Bertz CT molecular complexity index is 141. The highest BCUT2D eigenvalue weighted by Gasteiger charge is 2.28. The Hall–Kier alpha value is -0.510. The molecular weight excluding hydrogens is 138 g/mol. The van der Waals surface area contributed by atoms with Gasteiger partial charge in [0, 0.05) is 0 Å². The Morgan fingerprint density at radius 3 is 2.56 bits per heavy atom. The molecule has 1 fully saturated rings. The Labute approximate surface area is 57.2 Å². The van der Waals surface area contributed by atoms with Crippen molar-refractivity contribution in [3.8, 4) is 0 Å². The quantitative estimate of drug-likeness (QED) is 0.533. The summed E-state index contributed by atoms with van der Waals surface area (Å²) >= 11 is 1.07. The molecule has 0 saturated carbocycles. The van der Waals surface area contributed by atoms with E-state index in [9.17, 15) is 9.59 Å². The fraction of sp³-hybridized carbons (Fsp3) is 0.600. The first-order valence-electron chi connectivity index (χ1n) is 2.75. The number of hydrogen-bond acceptors (Lipinski definition) is 3. The number of carbonyl (C=O) groups is 2. The van der Waals surface area contributed by atoms with Crippen molar-refractivity contribution in [2.75, 3.05) is 0 Å². The number of hydrogen-bond donors (Lipinski definition) is 1. The predicted molar refractivity (Wildman–Crippen MR) is 34.8 cm³/mol. The molecular formula is C5H7NO2S. The fourth-order valence-corrected chi connectivity index (χ4v) is 1.36. The first kappa shape index (κ1) is 6.61. The first-order chi connectivity index (χ1) is 4.24. The molecule has 1 aliphatic rings. The molecule has 0 bridgehead atoms. The molecule has 9 heavy (non-hydrogen) atoms. The van der Waals surface area contributed by atoms with Crippen LogP contribution in [-0.4, -0.2) is 16.4 Å². The summed E-state index contributed by atoms with van der Waals surface area (Å²) in [7, 11) is 0.